The Morgan fingerprint density at radius 1 is 1.53 bits per heavy atom. The lowest BCUT2D eigenvalue weighted by molar-refractivity contribution is -0.121. The van der Waals surface area contributed by atoms with Gasteiger partial charge in [0.1, 0.15) is 12.4 Å². The predicted molar refractivity (Wildman–Crippen MR) is 77.7 cm³/mol. The fourth-order valence-electron chi connectivity index (χ4n) is 1.99. The molecule has 0 saturated carbocycles. The lowest BCUT2D eigenvalue weighted by atomic mass is 10.3. The molecule has 0 aliphatic rings. The van der Waals surface area contributed by atoms with Crippen LogP contribution >= 0.6 is 23.2 Å². The monoisotopic (exact) mass is 299 g/mol. The number of imidazole rings is 1. The standard InChI is InChI=1S/C13H15Cl2N3O/c1-3-16-12(19)7-18-11-5-4-9(15)6-10(11)17-13(18)8(2)14/h4-6,8H,3,7H2,1-2H3,(H,16,19). The molecule has 0 saturated heterocycles. The molecule has 1 aromatic heterocycles. The summed E-state index contributed by atoms with van der Waals surface area (Å²) < 4.78 is 1.83. The smallest absolute Gasteiger partial charge is 0.239 e. The van der Waals surface area contributed by atoms with Crippen molar-refractivity contribution in [3.05, 3.63) is 29.0 Å². The summed E-state index contributed by atoms with van der Waals surface area (Å²) in [5, 5.41) is 3.11. The van der Waals surface area contributed by atoms with E-state index in [0.29, 0.717) is 17.4 Å². The van der Waals surface area contributed by atoms with Crippen molar-refractivity contribution in [2.75, 3.05) is 6.54 Å². The molecular formula is C13H15Cl2N3O. The molecular weight excluding hydrogens is 285 g/mol. The SMILES string of the molecule is CCNC(=O)Cn1c(C(C)Cl)nc2cc(Cl)ccc21. The number of carbonyl (C=O) groups excluding carboxylic acids is 1. The second kappa shape index (κ2) is 5.80. The number of halogens is 2. The van der Waals surface area contributed by atoms with E-state index in [9.17, 15) is 4.79 Å². The number of benzene rings is 1. The van der Waals surface area contributed by atoms with Crippen LogP contribution in [0.3, 0.4) is 0 Å². The molecule has 1 amide bonds. The molecule has 2 rings (SSSR count). The van der Waals surface area contributed by atoms with Gasteiger partial charge in [0.05, 0.1) is 16.4 Å². The molecule has 1 heterocycles. The van der Waals surface area contributed by atoms with Gasteiger partial charge in [0.2, 0.25) is 5.91 Å². The van der Waals surface area contributed by atoms with Crippen LogP contribution in [0.4, 0.5) is 0 Å². The third kappa shape index (κ3) is 3.01. The maximum atomic E-state index is 11.8. The van der Waals surface area contributed by atoms with Gasteiger partial charge >= 0.3 is 0 Å². The number of aromatic nitrogens is 2. The van der Waals surface area contributed by atoms with Crippen molar-refractivity contribution in [1.29, 1.82) is 0 Å². The van der Waals surface area contributed by atoms with Gasteiger partial charge in [-0.15, -0.1) is 11.6 Å². The van der Waals surface area contributed by atoms with E-state index in [4.69, 9.17) is 23.2 Å². The van der Waals surface area contributed by atoms with Gasteiger partial charge < -0.3 is 9.88 Å². The summed E-state index contributed by atoms with van der Waals surface area (Å²) in [6, 6.07) is 5.41. The number of alkyl halides is 1. The van der Waals surface area contributed by atoms with Gasteiger partial charge in [-0.25, -0.2) is 4.98 Å². The lowest BCUT2D eigenvalue weighted by Crippen LogP contribution is -2.27. The quantitative estimate of drug-likeness (QED) is 0.882. The van der Waals surface area contributed by atoms with Crippen molar-refractivity contribution in [3.63, 3.8) is 0 Å². The normalized spacial score (nSPS) is 12.6. The van der Waals surface area contributed by atoms with Crippen LogP contribution < -0.4 is 5.32 Å². The van der Waals surface area contributed by atoms with E-state index in [-0.39, 0.29) is 17.8 Å². The molecule has 0 fully saturated rings. The molecule has 1 atom stereocenters. The van der Waals surface area contributed by atoms with Crippen molar-refractivity contribution >= 4 is 40.1 Å². The summed E-state index contributed by atoms with van der Waals surface area (Å²) in [6.07, 6.45) is 0. The molecule has 2 aromatic rings. The third-order valence-corrected chi connectivity index (χ3v) is 3.20. The maximum absolute atomic E-state index is 11.8. The second-order valence-corrected chi connectivity index (χ2v) is 5.35. The molecule has 0 aliphatic heterocycles. The number of fused-ring (bicyclic) bond motifs is 1. The molecule has 19 heavy (non-hydrogen) atoms. The van der Waals surface area contributed by atoms with E-state index in [2.05, 4.69) is 10.3 Å². The van der Waals surface area contributed by atoms with Gasteiger partial charge in [-0.3, -0.25) is 4.79 Å². The van der Waals surface area contributed by atoms with Gasteiger partial charge in [0, 0.05) is 11.6 Å². The lowest BCUT2D eigenvalue weighted by Gasteiger charge is -2.10. The van der Waals surface area contributed by atoms with E-state index in [1.807, 2.05) is 24.5 Å². The average Bonchev–Trinajstić information content (AvgIpc) is 2.67. The number of rotatable bonds is 4. The number of carbonyl (C=O) groups is 1. The van der Waals surface area contributed by atoms with E-state index in [1.54, 1.807) is 12.1 Å². The first-order valence-corrected chi connectivity index (χ1v) is 6.90. The highest BCUT2D eigenvalue weighted by Gasteiger charge is 2.17. The first-order valence-electron chi connectivity index (χ1n) is 6.09. The number of amides is 1. The van der Waals surface area contributed by atoms with E-state index >= 15 is 0 Å². The van der Waals surface area contributed by atoms with E-state index < -0.39 is 0 Å². The van der Waals surface area contributed by atoms with Gasteiger partial charge in [-0.2, -0.15) is 0 Å². The third-order valence-electron chi connectivity index (χ3n) is 2.77. The number of likely N-dealkylation sites (N-methyl/N-ethyl adjacent to an activating group) is 1. The van der Waals surface area contributed by atoms with Crippen molar-refractivity contribution in [3.8, 4) is 0 Å². The number of nitrogens with one attached hydrogen (secondary N) is 1. The highest BCUT2D eigenvalue weighted by Crippen LogP contribution is 2.26. The maximum Gasteiger partial charge on any atom is 0.239 e. The number of hydrogen-bond acceptors (Lipinski definition) is 2. The van der Waals surface area contributed by atoms with Crippen LogP contribution in [0.15, 0.2) is 18.2 Å². The molecule has 0 aliphatic carbocycles. The van der Waals surface area contributed by atoms with E-state index in [1.165, 1.54) is 0 Å². The molecule has 0 radical (unpaired) electrons. The Morgan fingerprint density at radius 3 is 2.89 bits per heavy atom. The van der Waals surface area contributed by atoms with Crippen molar-refractivity contribution in [2.24, 2.45) is 0 Å². The molecule has 1 N–H and O–H groups in total. The van der Waals surface area contributed by atoms with Crippen LogP contribution in [0.1, 0.15) is 25.0 Å². The summed E-state index contributed by atoms with van der Waals surface area (Å²) in [5.41, 5.74) is 1.61. The predicted octanol–water partition coefficient (Wildman–Crippen LogP) is 3.13. The van der Waals surface area contributed by atoms with Gasteiger partial charge in [-0.05, 0) is 32.0 Å². The largest absolute Gasteiger partial charge is 0.355 e. The molecule has 4 nitrogen and oxygen atoms in total. The molecule has 0 bridgehead atoms. The first kappa shape index (κ1) is 14.2. The number of nitrogens with zero attached hydrogens (tertiary/aromatic N) is 2. The zero-order valence-electron chi connectivity index (χ0n) is 10.8. The molecule has 0 spiro atoms. The summed E-state index contributed by atoms with van der Waals surface area (Å²) >= 11 is 12.1. The fraction of sp³-hybridized carbons (Fsp3) is 0.385. The number of hydrogen-bond donors (Lipinski definition) is 1. The van der Waals surface area contributed by atoms with Crippen LogP contribution in [0.5, 0.6) is 0 Å². The Labute approximate surface area is 121 Å². The zero-order valence-corrected chi connectivity index (χ0v) is 12.3. The Bertz CT molecular complexity index is 607. The minimum Gasteiger partial charge on any atom is -0.355 e. The van der Waals surface area contributed by atoms with Crippen LogP contribution in [0.25, 0.3) is 11.0 Å². The topological polar surface area (TPSA) is 46.9 Å². The highest BCUT2D eigenvalue weighted by atomic mass is 35.5. The van der Waals surface area contributed by atoms with Crippen LogP contribution in [0, 0.1) is 0 Å². The Morgan fingerprint density at radius 2 is 2.26 bits per heavy atom. The Balaban J connectivity index is 2.49. The van der Waals surface area contributed by atoms with Crippen LogP contribution in [-0.4, -0.2) is 22.0 Å². The minimum atomic E-state index is -0.277. The summed E-state index contributed by atoms with van der Waals surface area (Å²) in [4.78, 5) is 16.2. The van der Waals surface area contributed by atoms with Crippen LogP contribution in [0.2, 0.25) is 5.02 Å². The molecule has 6 heteroatoms. The van der Waals surface area contributed by atoms with Gasteiger partial charge in [0.25, 0.3) is 0 Å². The zero-order chi connectivity index (χ0) is 14.0. The molecule has 1 aromatic carbocycles. The minimum absolute atomic E-state index is 0.0599. The summed E-state index contributed by atoms with van der Waals surface area (Å²) in [5.74, 6) is 0.612. The van der Waals surface area contributed by atoms with Gasteiger partial charge in [-0.1, -0.05) is 11.6 Å². The summed E-state index contributed by atoms with van der Waals surface area (Å²) in [7, 11) is 0. The molecule has 1 unspecified atom stereocenters. The summed E-state index contributed by atoms with van der Waals surface area (Å²) in [6.45, 7) is 4.52. The van der Waals surface area contributed by atoms with Crippen molar-refractivity contribution in [2.45, 2.75) is 25.8 Å². The Kier molecular flexibility index (Phi) is 4.32. The van der Waals surface area contributed by atoms with Crippen LogP contribution in [-0.2, 0) is 11.3 Å². The van der Waals surface area contributed by atoms with Crippen molar-refractivity contribution < 1.29 is 4.79 Å². The second-order valence-electron chi connectivity index (χ2n) is 4.26. The molecule has 102 valence electrons. The first-order chi connectivity index (χ1) is 9.02. The fourth-order valence-corrected chi connectivity index (χ4v) is 2.32. The Hall–Kier alpha value is -1.26. The van der Waals surface area contributed by atoms with Gasteiger partial charge in [0.15, 0.2) is 0 Å². The van der Waals surface area contributed by atoms with Crippen molar-refractivity contribution in [1.82, 2.24) is 14.9 Å². The highest BCUT2D eigenvalue weighted by molar-refractivity contribution is 6.31. The van der Waals surface area contributed by atoms with E-state index in [0.717, 1.165) is 11.0 Å². The average molecular weight is 300 g/mol.